The summed E-state index contributed by atoms with van der Waals surface area (Å²) in [5.74, 6) is -0.974. The minimum atomic E-state index is -4.68. The van der Waals surface area contributed by atoms with Gasteiger partial charge in [0.05, 0.1) is 4.90 Å². The summed E-state index contributed by atoms with van der Waals surface area (Å²) in [4.78, 5) is 0.0523. The van der Waals surface area contributed by atoms with E-state index in [1.165, 1.54) is 24.3 Å². The molecule has 3 N–H and O–H groups in total. The van der Waals surface area contributed by atoms with Crippen molar-refractivity contribution in [2.75, 3.05) is 18.8 Å². The van der Waals surface area contributed by atoms with Gasteiger partial charge in [0.2, 0.25) is 10.0 Å². The Morgan fingerprint density at radius 3 is 2.14 bits per heavy atom. The molecule has 0 radical (unpaired) electrons. The average Bonchev–Trinajstić information content (AvgIpc) is 2.46. The number of hydrogen-bond donors (Lipinski definition) is 2. The second-order valence-corrected chi connectivity index (χ2v) is 7.23. The topological polar surface area (TPSA) is 83.6 Å². The second kappa shape index (κ2) is 6.05. The van der Waals surface area contributed by atoms with E-state index in [0.29, 0.717) is 5.69 Å². The van der Waals surface area contributed by atoms with Gasteiger partial charge in [-0.3, -0.25) is 0 Å². The van der Waals surface area contributed by atoms with E-state index in [9.17, 15) is 26.7 Å². The van der Waals surface area contributed by atoms with Gasteiger partial charge in [-0.25, -0.2) is 8.42 Å². The van der Waals surface area contributed by atoms with Crippen molar-refractivity contribution < 1.29 is 26.7 Å². The fraction of sp³-hybridized carbons (Fsp3) is 0.538. The number of aliphatic hydroxyl groups excluding tert-OH is 1. The maximum atomic E-state index is 12.5. The highest BCUT2D eigenvalue weighted by molar-refractivity contribution is 7.89. The molecule has 1 unspecified atom stereocenters. The highest BCUT2D eigenvalue weighted by atomic mass is 32.2. The van der Waals surface area contributed by atoms with Crippen LogP contribution in [-0.2, 0) is 10.0 Å². The van der Waals surface area contributed by atoms with Crippen molar-refractivity contribution in [3.63, 3.8) is 0 Å². The Morgan fingerprint density at radius 1 is 1.18 bits per heavy atom. The van der Waals surface area contributed by atoms with Crippen LogP contribution in [0, 0.1) is 5.92 Å². The third-order valence-corrected chi connectivity index (χ3v) is 5.71. The van der Waals surface area contributed by atoms with Crippen LogP contribution in [0.15, 0.2) is 29.2 Å². The molecule has 1 saturated heterocycles. The Labute approximate surface area is 126 Å². The third kappa shape index (κ3) is 3.53. The number of aliphatic hydroxyl groups is 1. The summed E-state index contributed by atoms with van der Waals surface area (Å²) in [5.41, 5.74) is 5.92. The first-order valence-corrected chi connectivity index (χ1v) is 8.17. The molecule has 9 heteroatoms. The van der Waals surface area contributed by atoms with Gasteiger partial charge in [0, 0.05) is 18.8 Å². The summed E-state index contributed by atoms with van der Waals surface area (Å²) in [7, 11) is -3.75. The summed E-state index contributed by atoms with van der Waals surface area (Å²) in [5, 5.41) is 9.24. The molecule has 22 heavy (non-hydrogen) atoms. The normalized spacial score (nSPS) is 20.0. The zero-order chi connectivity index (χ0) is 16.5. The molecule has 124 valence electrons. The zero-order valence-electron chi connectivity index (χ0n) is 11.6. The Bertz CT molecular complexity index is 608. The molecule has 1 aromatic rings. The molecule has 1 atom stereocenters. The van der Waals surface area contributed by atoms with Crippen LogP contribution in [0.4, 0.5) is 18.9 Å². The van der Waals surface area contributed by atoms with Crippen molar-refractivity contribution in [1.82, 2.24) is 4.31 Å². The van der Waals surface area contributed by atoms with Crippen molar-refractivity contribution in [3.05, 3.63) is 24.3 Å². The van der Waals surface area contributed by atoms with Crippen LogP contribution >= 0.6 is 0 Å². The smallest absolute Gasteiger partial charge is 0.399 e. The molecular weight excluding hydrogens is 321 g/mol. The van der Waals surface area contributed by atoms with Gasteiger partial charge in [0.15, 0.2) is 6.10 Å². The number of anilines is 1. The molecule has 1 heterocycles. The average molecular weight is 338 g/mol. The summed E-state index contributed by atoms with van der Waals surface area (Å²) >= 11 is 0. The van der Waals surface area contributed by atoms with E-state index < -0.39 is 28.2 Å². The van der Waals surface area contributed by atoms with E-state index in [1.54, 1.807) is 0 Å². The van der Waals surface area contributed by atoms with E-state index in [2.05, 4.69) is 0 Å². The number of sulfonamides is 1. The van der Waals surface area contributed by atoms with Crippen LogP contribution < -0.4 is 5.73 Å². The van der Waals surface area contributed by atoms with E-state index in [1.807, 2.05) is 0 Å². The number of benzene rings is 1. The number of halogens is 3. The van der Waals surface area contributed by atoms with Crippen molar-refractivity contribution >= 4 is 15.7 Å². The summed E-state index contributed by atoms with van der Waals surface area (Å²) < 4.78 is 63.3. The molecule has 0 aliphatic carbocycles. The van der Waals surface area contributed by atoms with Crippen LogP contribution in [0.5, 0.6) is 0 Å². The van der Waals surface area contributed by atoms with E-state index in [-0.39, 0.29) is 30.8 Å². The number of alkyl halides is 3. The SMILES string of the molecule is Nc1ccc(S(=O)(=O)N2CCC(C(O)C(F)(F)F)CC2)cc1. The van der Waals surface area contributed by atoms with E-state index in [0.717, 1.165) is 4.31 Å². The number of piperidine rings is 1. The monoisotopic (exact) mass is 338 g/mol. The van der Waals surface area contributed by atoms with Gasteiger partial charge >= 0.3 is 6.18 Å². The van der Waals surface area contributed by atoms with Crippen LogP contribution in [-0.4, -0.2) is 43.2 Å². The molecule has 0 amide bonds. The first-order chi connectivity index (χ1) is 10.1. The number of nitrogen functional groups attached to an aromatic ring is 1. The van der Waals surface area contributed by atoms with Crippen molar-refractivity contribution in [2.24, 2.45) is 5.92 Å². The highest BCUT2D eigenvalue weighted by Crippen LogP contribution is 2.33. The molecular formula is C13H17F3N2O3S. The Hall–Kier alpha value is -1.32. The summed E-state index contributed by atoms with van der Waals surface area (Å²) in [6, 6.07) is 5.63. The first-order valence-electron chi connectivity index (χ1n) is 6.73. The zero-order valence-corrected chi connectivity index (χ0v) is 12.4. The number of hydrogen-bond acceptors (Lipinski definition) is 4. The van der Waals surface area contributed by atoms with Gasteiger partial charge in [-0.15, -0.1) is 0 Å². The van der Waals surface area contributed by atoms with Gasteiger partial charge < -0.3 is 10.8 Å². The van der Waals surface area contributed by atoms with Crippen LogP contribution in [0.2, 0.25) is 0 Å². The van der Waals surface area contributed by atoms with Gasteiger partial charge in [0.1, 0.15) is 0 Å². The molecule has 1 fully saturated rings. The van der Waals surface area contributed by atoms with Crippen LogP contribution in [0.3, 0.4) is 0 Å². The Balaban J connectivity index is 2.06. The third-order valence-electron chi connectivity index (χ3n) is 3.80. The fourth-order valence-electron chi connectivity index (χ4n) is 2.49. The van der Waals surface area contributed by atoms with Crippen molar-refractivity contribution in [3.8, 4) is 0 Å². The minimum Gasteiger partial charge on any atom is -0.399 e. The summed E-state index contributed by atoms with van der Waals surface area (Å²) in [6.45, 7) is -0.102. The van der Waals surface area contributed by atoms with Gasteiger partial charge in [-0.2, -0.15) is 17.5 Å². The predicted molar refractivity (Wildman–Crippen MR) is 74.4 cm³/mol. The number of nitrogens with two attached hydrogens (primary N) is 1. The van der Waals surface area contributed by atoms with Crippen molar-refractivity contribution in [2.45, 2.75) is 30.0 Å². The molecule has 1 aliphatic heterocycles. The highest BCUT2D eigenvalue weighted by Gasteiger charge is 2.45. The maximum Gasteiger partial charge on any atom is 0.414 e. The lowest BCUT2D eigenvalue weighted by atomic mass is 9.92. The predicted octanol–water partition coefficient (Wildman–Crippen LogP) is 1.59. The molecule has 0 saturated carbocycles. The Morgan fingerprint density at radius 2 is 1.68 bits per heavy atom. The lowest BCUT2D eigenvalue weighted by molar-refractivity contribution is -0.222. The Kier molecular flexibility index (Phi) is 4.69. The molecule has 0 aromatic heterocycles. The maximum absolute atomic E-state index is 12.5. The quantitative estimate of drug-likeness (QED) is 0.820. The molecule has 1 aliphatic rings. The first kappa shape index (κ1) is 17.0. The molecule has 1 aromatic carbocycles. The fourth-order valence-corrected chi connectivity index (χ4v) is 3.96. The largest absolute Gasteiger partial charge is 0.414 e. The molecule has 5 nitrogen and oxygen atoms in total. The van der Waals surface area contributed by atoms with E-state index in [4.69, 9.17) is 5.73 Å². The molecule has 0 spiro atoms. The molecule has 2 rings (SSSR count). The van der Waals surface area contributed by atoms with Crippen LogP contribution in [0.25, 0.3) is 0 Å². The summed E-state index contributed by atoms with van der Waals surface area (Å²) in [6.07, 6.45) is -7.15. The number of rotatable bonds is 3. The second-order valence-electron chi connectivity index (χ2n) is 5.30. The van der Waals surface area contributed by atoms with Gasteiger partial charge in [-0.1, -0.05) is 0 Å². The van der Waals surface area contributed by atoms with E-state index >= 15 is 0 Å². The lowest BCUT2D eigenvalue weighted by Gasteiger charge is -2.34. The minimum absolute atomic E-state index is 0.0329. The van der Waals surface area contributed by atoms with Gasteiger partial charge in [0.25, 0.3) is 0 Å². The molecule has 0 bridgehead atoms. The number of nitrogens with zero attached hydrogens (tertiary/aromatic N) is 1. The lowest BCUT2D eigenvalue weighted by Crippen LogP contribution is -2.45. The standard InChI is InChI=1S/C13H17F3N2O3S/c14-13(15,16)12(19)9-5-7-18(8-6-9)22(20,21)11-3-1-10(17)2-4-11/h1-4,9,12,19H,5-8,17H2. The van der Waals surface area contributed by atoms with Crippen LogP contribution in [0.1, 0.15) is 12.8 Å². The van der Waals surface area contributed by atoms with Gasteiger partial charge in [-0.05, 0) is 43.0 Å². The van der Waals surface area contributed by atoms with Crippen molar-refractivity contribution in [1.29, 1.82) is 0 Å².